The number of hydrogen-bond donors (Lipinski definition) is 3. The predicted molar refractivity (Wildman–Crippen MR) is 148 cm³/mol. The first-order valence-electron chi connectivity index (χ1n) is 12.2. The normalized spacial score (nSPS) is 11.4. The zero-order valence-electron chi connectivity index (χ0n) is 20.7. The molecule has 0 spiro atoms. The van der Waals surface area contributed by atoms with E-state index in [0.717, 1.165) is 73.4 Å². The van der Waals surface area contributed by atoms with Crippen LogP contribution in [0, 0.1) is 5.92 Å². The van der Waals surface area contributed by atoms with E-state index in [-0.39, 0.29) is 0 Å². The number of nitrogens with zero attached hydrogens (tertiary/aromatic N) is 5. The number of rotatable bonds is 7. The Hall–Kier alpha value is -4.85. The third kappa shape index (κ3) is 4.45. The van der Waals surface area contributed by atoms with Gasteiger partial charge in [-0.1, -0.05) is 20.4 Å². The Kier molecular flexibility index (Phi) is 5.69. The minimum absolute atomic E-state index is 0.529. The Morgan fingerprint density at radius 3 is 2.57 bits per heavy atom. The summed E-state index contributed by atoms with van der Waals surface area (Å²) in [4.78, 5) is 21.1. The molecule has 0 aliphatic rings. The maximum absolute atomic E-state index is 4.66. The van der Waals surface area contributed by atoms with E-state index in [1.807, 2.05) is 49.1 Å². The number of pyridine rings is 4. The maximum Gasteiger partial charge on any atom is 0.116 e. The molecule has 6 heterocycles. The quantitative estimate of drug-likeness (QED) is 0.235. The first kappa shape index (κ1) is 22.6. The van der Waals surface area contributed by atoms with Gasteiger partial charge in [0, 0.05) is 52.4 Å². The number of hydrogen-bond acceptors (Lipinski definition) is 6. The van der Waals surface area contributed by atoms with Crippen molar-refractivity contribution in [2.75, 3.05) is 5.32 Å². The summed E-state index contributed by atoms with van der Waals surface area (Å²) < 4.78 is 0. The van der Waals surface area contributed by atoms with E-state index in [1.54, 1.807) is 18.6 Å². The summed E-state index contributed by atoms with van der Waals surface area (Å²) >= 11 is 0. The average Bonchev–Trinajstić information content (AvgIpc) is 3.52. The number of H-pyrrole nitrogens is 2. The number of aromatic amines is 2. The molecule has 37 heavy (non-hydrogen) atoms. The fourth-order valence-corrected chi connectivity index (χ4v) is 4.62. The molecule has 0 unspecified atom stereocenters. The fourth-order valence-electron chi connectivity index (χ4n) is 4.62. The van der Waals surface area contributed by atoms with Crippen molar-refractivity contribution in [3.8, 4) is 33.8 Å². The van der Waals surface area contributed by atoms with Crippen LogP contribution in [0.15, 0.2) is 86.0 Å². The van der Waals surface area contributed by atoms with Crippen molar-refractivity contribution >= 4 is 27.5 Å². The largest absolute Gasteiger partial charge is 0.358 e. The van der Waals surface area contributed by atoms with Gasteiger partial charge in [0.05, 0.1) is 46.7 Å². The fraction of sp³-hybridized carbons (Fsp3) is 0.138. The first-order valence-corrected chi connectivity index (χ1v) is 12.2. The van der Waals surface area contributed by atoms with Gasteiger partial charge in [-0.05, 0) is 48.2 Å². The molecule has 6 aromatic heterocycles. The molecule has 182 valence electrons. The Morgan fingerprint density at radius 2 is 1.73 bits per heavy atom. The van der Waals surface area contributed by atoms with Gasteiger partial charge in [0.25, 0.3) is 0 Å². The molecule has 3 N–H and O–H groups in total. The molecule has 8 nitrogen and oxygen atoms in total. The lowest BCUT2D eigenvalue weighted by Crippen LogP contribution is -2.02. The van der Waals surface area contributed by atoms with Gasteiger partial charge in [0.1, 0.15) is 5.69 Å². The second-order valence-electron chi connectivity index (χ2n) is 9.54. The van der Waals surface area contributed by atoms with Crippen LogP contribution in [0.2, 0.25) is 0 Å². The van der Waals surface area contributed by atoms with Crippen LogP contribution in [0.1, 0.15) is 20.3 Å². The summed E-state index contributed by atoms with van der Waals surface area (Å²) in [5.74, 6) is 0.529. The van der Waals surface area contributed by atoms with Gasteiger partial charge < -0.3 is 10.3 Å². The van der Waals surface area contributed by atoms with Crippen molar-refractivity contribution in [1.82, 2.24) is 35.1 Å². The highest BCUT2D eigenvalue weighted by molar-refractivity contribution is 6.01. The van der Waals surface area contributed by atoms with Crippen molar-refractivity contribution in [2.24, 2.45) is 5.92 Å². The van der Waals surface area contributed by atoms with Crippen LogP contribution in [0.3, 0.4) is 0 Å². The predicted octanol–water partition coefficient (Wildman–Crippen LogP) is 6.60. The van der Waals surface area contributed by atoms with E-state index < -0.39 is 0 Å². The zero-order chi connectivity index (χ0) is 25.4. The van der Waals surface area contributed by atoms with Crippen LogP contribution < -0.4 is 5.32 Å². The molecule has 0 aliphatic heterocycles. The lowest BCUT2D eigenvalue weighted by molar-refractivity contribution is 0.645. The second-order valence-corrected chi connectivity index (χ2v) is 9.54. The average molecular weight is 487 g/mol. The highest BCUT2D eigenvalue weighted by Gasteiger charge is 2.15. The summed E-state index contributed by atoms with van der Waals surface area (Å²) in [6, 6.07) is 10.2. The number of anilines is 1. The Morgan fingerprint density at radius 1 is 0.892 bits per heavy atom. The third-order valence-corrected chi connectivity index (χ3v) is 6.25. The highest BCUT2D eigenvalue weighted by Crippen LogP contribution is 2.34. The van der Waals surface area contributed by atoms with E-state index in [2.05, 4.69) is 66.9 Å². The topological polar surface area (TPSA) is 108 Å². The van der Waals surface area contributed by atoms with Crippen molar-refractivity contribution < 1.29 is 0 Å². The number of nitrogens with one attached hydrogen (secondary N) is 3. The molecule has 0 aromatic carbocycles. The summed E-state index contributed by atoms with van der Waals surface area (Å²) in [6.07, 6.45) is 13.6. The summed E-state index contributed by atoms with van der Waals surface area (Å²) in [7, 11) is 0. The molecule has 6 rings (SSSR count). The third-order valence-electron chi connectivity index (χ3n) is 6.25. The lowest BCUT2D eigenvalue weighted by Gasteiger charge is -2.12. The molecule has 0 amide bonds. The molecule has 0 aliphatic carbocycles. The van der Waals surface area contributed by atoms with Crippen LogP contribution in [0.5, 0.6) is 0 Å². The van der Waals surface area contributed by atoms with Crippen LogP contribution in [-0.2, 0) is 0 Å². The van der Waals surface area contributed by atoms with Gasteiger partial charge in [0.15, 0.2) is 0 Å². The Labute approximate surface area is 214 Å². The molecule has 0 saturated carbocycles. The highest BCUT2D eigenvalue weighted by atomic mass is 15.1. The monoisotopic (exact) mass is 486 g/mol. The van der Waals surface area contributed by atoms with E-state index >= 15 is 0 Å². The summed E-state index contributed by atoms with van der Waals surface area (Å²) in [5.41, 5.74) is 9.22. The molecule has 0 bridgehead atoms. The smallest absolute Gasteiger partial charge is 0.116 e. The summed E-state index contributed by atoms with van der Waals surface area (Å²) in [5, 5.41) is 13.1. The van der Waals surface area contributed by atoms with Gasteiger partial charge in [-0.15, -0.1) is 0 Å². The Bertz CT molecular complexity index is 1730. The van der Waals surface area contributed by atoms with Crippen molar-refractivity contribution in [3.05, 3.63) is 86.0 Å². The van der Waals surface area contributed by atoms with Gasteiger partial charge >= 0.3 is 0 Å². The number of fused-ring (bicyclic) bond motifs is 2. The van der Waals surface area contributed by atoms with Crippen LogP contribution >= 0.6 is 0 Å². The van der Waals surface area contributed by atoms with E-state index in [4.69, 9.17) is 0 Å². The van der Waals surface area contributed by atoms with Crippen molar-refractivity contribution in [1.29, 1.82) is 0 Å². The number of aromatic nitrogens is 7. The van der Waals surface area contributed by atoms with Crippen LogP contribution in [0.4, 0.5) is 5.69 Å². The molecule has 0 radical (unpaired) electrons. The lowest BCUT2D eigenvalue weighted by atomic mass is 10.1. The maximum atomic E-state index is 4.66. The zero-order valence-corrected chi connectivity index (χ0v) is 20.7. The molecule has 0 atom stereocenters. The minimum atomic E-state index is 0.529. The minimum Gasteiger partial charge on any atom is -0.358 e. The van der Waals surface area contributed by atoms with Gasteiger partial charge in [-0.3, -0.25) is 25.0 Å². The molecule has 6 aromatic rings. The van der Waals surface area contributed by atoms with Crippen molar-refractivity contribution in [2.45, 2.75) is 20.3 Å². The van der Waals surface area contributed by atoms with E-state index in [9.17, 15) is 0 Å². The molecule has 8 heteroatoms. The second kappa shape index (κ2) is 9.31. The number of allylic oxidation sites excluding steroid dienone is 1. The molecule has 0 fully saturated rings. The SMILES string of the molecule is C=C(CC(C)C)Nc1cncc(-c2cc3c(-c4cc5c(-c6ccncc6)cncc5[nH]4)n[nH]c3cn2)c1. The van der Waals surface area contributed by atoms with E-state index in [1.165, 1.54) is 0 Å². The van der Waals surface area contributed by atoms with Crippen molar-refractivity contribution in [3.63, 3.8) is 0 Å². The Balaban J connectivity index is 1.38. The van der Waals surface area contributed by atoms with Crippen LogP contribution in [0.25, 0.3) is 55.6 Å². The van der Waals surface area contributed by atoms with Crippen LogP contribution in [-0.4, -0.2) is 35.1 Å². The van der Waals surface area contributed by atoms with E-state index in [0.29, 0.717) is 5.92 Å². The molecule has 0 saturated heterocycles. The molecular weight excluding hydrogens is 460 g/mol. The van der Waals surface area contributed by atoms with Gasteiger partial charge in [0.2, 0.25) is 0 Å². The standard InChI is InChI=1S/C29H26N8/c1-17(2)8-18(3)34-21-9-20(12-31-13-21)25-11-23-28(16-33-25)36-37-29(23)26-10-22-24(14-32-15-27(22)35-26)19-4-6-30-7-5-19/h4-7,9-17,34-35H,3,8H2,1-2H3,(H,36,37). The summed E-state index contributed by atoms with van der Waals surface area (Å²) in [6.45, 7) is 8.48. The van der Waals surface area contributed by atoms with Gasteiger partial charge in [-0.25, -0.2) is 0 Å². The first-order chi connectivity index (χ1) is 18.0. The molecular formula is C29H26N8. The van der Waals surface area contributed by atoms with Gasteiger partial charge in [-0.2, -0.15) is 5.10 Å².